The number of fused-ring (bicyclic) bond motifs is 12. The van der Waals surface area contributed by atoms with Crippen LogP contribution in [0.2, 0.25) is 0 Å². The van der Waals surface area contributed by atoms with Crippen LogP contribution in [-0.2, 0) is 5.41 Å². The summed E-state index contributed by atoms with van der Waals surface area (Å²) >= 11 is 1.91. The van der Waals surface area contributed by atoms with Crippen molar-refractivity contribution in [2.24, 2.45) is 0 Å². The molecule has 3 heteroatoms. The number of hydrogen-bond acceptors (Lipinski definition) is 1. The monoisotopic (exact) mass is 796 g/mol. The predicted octanol–water partition coefficient (Wildman–Crippen LogP) is 16.2. The van der Waals surface area contributed by atoms with Gasteiger partial charge in [0.2, 0.25) is 0 Å². The highest BCUT2D eigenvalue weighted by Crippen LogP contribution is 2.51. The van der Waals surface area contributed by atoms with E-state index in [1.807, 2.05) is 11.3 Å². The number of aromatic nitrogens is 2. The molecule has 3 heterocycles. The maximum absolute atomic E-state index is 2.51. The lowest BCUT2D eigenvalue weighted by atomic mass is 9.81. The summed E-state index contributed by atoms with van der Waals surface area (Å²) in [5.41, 5.74) is 18.9. The van der Waals surface area contributed by atoms with E-state index in [1.165, 1.54) is 125 Å². The van der Waals surface area contributed by atoms with E-state index in [0.29, 0.717) is 0 Å². The molecule has 0 spiro atoms. The van der Waals surface area contributed by atoms with Crippen molar-refractivity contribution in [2.45, 2.75) is 26.2 Å². The van der Waals surface area contributed by atoms with Crippen LogP contribution >= 0.6 is 11.3 Å². The van der Waals surface area contributed by atoms with Gasteiger partial charge in [-0.3, -0.25) is 0 Å². The Morgan fingerprint density at radius 3 is 1.92 bits per heavy atom. The zero-order valence-corrected chi connectivity index (χ0v) is 35.0. The second-order valence-corrected chi connectivity index (χ2v) is 18.4. The van der Waals surface area contributed by atoms with Gasteiger partial charge < -0.3 is 9.13 Å². The molecule has 288 valence electrons. The third kappa shape index (κ3) is 4.84. The van der Waals surface area contributed by atoms with Gasteiger partial charge in [0.05, 0.1) is 22.1 Å². The lowest BCUT2D eigenvalue weighted by molar-refractivity contribution is 0.660. The molecule has 0 radical (unpaired) electrons. The van der Waals surface area contributed by atoms with Gasteiger partial charge in [-0.05, 0) is 106 Å². The van der Waals surface area contributed by atoms with Crippen molar-refractivity contribution in [1.82, 2.24) is 9.13 Å². The first-order valence-corrected chi connectivity index (χ1v) is 22.1. The smallest absolute Gasteiger partial charge is 0.0547 e. The highest BCUT2D eigenvalue weighted by atomic mass is 32.1. The van der Waals surface area contributed by atoms with E-state index in [0.717, 1.165) is 0 Å². The van der Waals surface area contributed by atoms with Gasteiger partial charge >= 0.3 is 0 Å². The molecule has 0 bridgehead atoms. The molecule has 0 amide bonds. The van der Waals surface area contributed by atoms with Gasteiger partial charge in [0, 0.05) is 64.1 Å². The number of nitrogens with zero attached hydrogens (tertiary/aromatic N) is 2. The van der Waals surface area contributed by atoms with Crippen molar-refractivity contribution >= 4 is 75.1 Å². The summed E-state index contributed by atoms with van der Waals surface area (Å²) in [6.07, 6.45) is 0. The van der Waals surface area contributed by atoms with Crippen LogP contribution in [0.15, 0.2) is 188 Å². The molecule has 9 aromatic carbocycles. The van der Waals surface area contributed by atoms with E-state index in [4.69, 9.17) is 0 Å². The summed E-state index contributed by atoms with van der Waals surface area (Å²) in [5, 5.41) is 7.66. The van der Waals surface area contributed by atoms with E-state index in [2.05, 4.69) is 218 Å². The first kappa shape index (κ1) is 34.6. The number of benzene rings is 9. The lowest BCUT2D eigenvalue weighted by Gasteiger charge is -2.22. The first-order valence-electron chi connectivity index (χ1n) is 21.3. The van der Waals surface area contributed by atoms with Crippen molar-refractivity contribution < 1.29 is 0 Å². The van der Waals surface area contributed by atoms with E-state index >= 15 is 0 Å². The summed E-state index contributed by atoms with van der Waals surface area (Å²) in [5.74, 6) is 0. The Hall–Kier alpha value is -7.20. The molecule has 12 aromatic rings. The molecule has 1 aliphatic carbocycles. The van der Waals surface area contributed by atoms with Crippen LogP contribution < -0.4 is 0 Å². The minimum atomic E-state index is -0.0840. The lowest BCUT2D eigenvalue weighted by Crippen LogP contribution is -2.14. The number of para-hydroxylation sites is 3. The Kier molecular flexibility index (Phi) is 7.19. The summed E-state index contributed by atoms with van der Waals surface area (Å²) in [4.78, 5) is 0. The van der Waals surface area contributed by atoms with E-state index in [-0.39, 0.29) is 5.41 Å². The van der Waals surface area contributed by atoms with Gasteiger partial charge in [-0.15, -0.1) is 11.3 Å². The van der Waals surface area contributed by atoms with Gasteiger partial charge in [0.25, 0.3) is 0 Å². The van der Waals surface area contributed by atoms with Crippen LogP contribution in [0.25, 0.3) is 109 Å². The van der Waals surface area contributed by atoms with E-state index < -0.39 is 0 Å². The Morgan fingerprint density at radius 1 is 0.410 bits per heavy atom. The SMILES string of the molecule is Cc1ccccc1-n1c2ccccc2c2ccc(-c3cccc4c3c3ccccc3n4-c3cc(-c4ccc5c(c4)C(C)(C)c4ccccc4-5)c4sc5ccccc5c4c3)cc21. The molecule has 0 saturated heterocycles. The molecule has 1 aliphatic rings. The zero-order chi connectivity index (χ0) is 40.6. The molecule has 61 heavy (non-hydrogen) atoms. The van der Waals surface area contributed by atoms with Crippen LogP contribution in [0.4, 0.5) is 0 Å². The zero-order valence-electron chi connectivity index (χ0n) is 34.2. The maximum Gasteiger partial charge on any atom is 0.0547 e. The molecule has 0 fully saturated rings. The molecule has 0 N–H and O–H groups in total. The highest BCUT2D eigenvalue weighted by molar-refractivity contribution is 7.26. The second-order valence-electron chi connectivity index (χ2n) is 17.3. The van der Waals surface area contributed by atoms with Crippen molar-refractivity contribution in [3.63, 3.8) is 0 Å². The molecule has 0 saturated carbocycles. The topological polar surface area (TPSA) is 9.86 Å². The third-order valence-corrected chi connectivity index (χ3v) is 14.9. The first-order chi connectivity index (χ1) is 29.9. The van der Waals surface area contributed by atoms with Gasteiger partial charge in [-0.25, -0.2) is 0 Å². The predicted molar refractivity (Wildman–Crippen MR) is 261 cm³/mol. The summed E-state index contributed by atoms with van der Waals surface area (Å²) in [6.45, 7) is 6.96. The van der Waals surface area contributed by atoms with E-state index in [9.17, 15) is 0 Å². The number of aryl methyl sites for hydroxylation is 1. The van der Waals surface area contributed by atoms with Crippen LogP contribution in [0, 0.1) is 6.92 Å². The molecule has 3 aromatic heterocycles. The number of rotatable bonds is 4. The molecule has 0 unspecified atom stereocenters. The third-order valence-electron chi connectivity index (χ3n) is 13.7. The number of hydrogen-bond donors (Lipinski definition) is 0. The van der Waals surface area contributed by atoms with Crippen LogP contribution in [0.5, 0.6) is 0 Å². The highest BCUT2D eigenvalue weighted by Gasteiger charge is 2.35. The maximum atomic E-state index is 2.51. The fraction of sp³-hybridized carbons (Fsp3) is 0.0690. The van der Waals surface area contributed by atoms with Gasteiger partial charge in [-0.1, -0.05) is 147 Å². The minimum absolute atomic E-state index is 0.0840. The van der Waals surface area contributed by atoms with Gasteiger partial charge in [0.15, 0.2) is 0 Å². The molecule has 0 aliphatic heterocycles. The van der Waals surface area contributed by atoms with Crippen LogP contribution in [0.1, 0.15) is 30.5 Å². The Bertz CT molecular complexity index is 3810. The molecule has 0 atom stereocenters. The van der Waals surface area contributed by atoms with Crippen LogP contribution in [0.3, 0.4) is 0 Å². The van der Waals surface area contributed by atoms with E-state index in [1.54, 1.807) is 0 Å². The average molecular weight is 797 g/mol. The van der Waals surface area contributed by atoms with Gasteiger partial charge in [-0.2, -0.15) is 0 Å². The molecular formula is C58H40N2S. The average Bonchev–Trinajstić information content (AvgIpc) is 4.01. The van der Waals surface area contributed by atoms with Crippen LogP contribution in [-0.4, -0.2) is 9.13 Å². The summed E-state index contributed by atoms with van der Waals surface area (Å²) in [6, 6.07) is 70.4. The van der Waals surface area contributed by atoms with Crippen molar-refractivity contribution in [3.8, 4) is 44.8 Å². The molecule has 13 rings (SSSR count). The summed E-state index contributed by atoms with van der Waals surface area (Å²) in [7, 11) is 0. The Balaban J connectivity index is 1.07. The normalized spacial score (nSPS) is 13.3. The standard InChI is InChI=1S/C58H40N2S/c1-35-15-4-10-22-50(35)60-51-23-11-6-17-42(51)43-30-28-37(32-54(43)60)39-20-14-25-53-56(39)45-19-7-12-24-52(45)59(53)38-33-46(57-47(34-38)44-18-8-13-26-55(44)61-57)36-27-29-41-40-16-5-9-21-48(40)58(2,3)49(41)31-36/h4-34H,1-3H3. The fourth-order valence-electron chi connectivity index (χ4n) is 10.8. The van der Waals surface area contributed by atoms with Crippen molar-refractivity contribution in [2.75, 3.05) is 0 Å². The van der Waals surface area contributed by atoms with Crippen molar-refractivity contribution in [3.05, 3.63) is 205 Å². The van der Waals surface area contributed by atoms with Gasteiger partial charge in [0.1, 0.15) is 0 Å². The Labute approximate surface area is 358 Å². The second kappa shape index (κ2) is 12.7. The fourth-order valence-corrected chi connectivity index (χ4v) is 12.0. The Morgan fingerprint density at radius 2 is 1.05 bits per heavy atom. The summed E-state index contributed by atoms with van der Waals surface area (Å²) < 4.78 is 7.61. The largest absolute Gasteiger partial charge is 0.309 e. The minimum Gasteiger partial charge on any atom is -0.309 e. The number of thiophene rings is 1. The molecule has 2 nitrogen and oxygen atoms in total. The quantitative estimate of drug-likeness (QED) is 0.168. The molecular weight excluding hydrogens is 757 g/mol. The van der Waals surface area contributed by atoms with Crippen molar-refractivity contribution in [1.29, 1.82) is 0 Å².